The number of nitrogens with zero attached hydrogens (tertiary/aromatic N) is 1. The van der Waals surface area contributed by atoms with E-state index < -0.39 is 0 Å². The highest BCUT2D eigenvalue weighted by Gasteiger charge is 2.20. The zero-order valence-corrected chi connectivity index (χ0v) is 11.3. The molecule has 0 aliphatic rings. The van der Waals surface area contributed by atoms with Gasteiger partial charge in [0.2, 0.25) is 0 Å². The van der Waals surface area contributed by atoms with Crippen LogP contribution in [-0.4, -0.2) is 41.7 Å². The Bertz CT molecular complexity index is 391. The fourth-order valence-corrected chi connectivity index (χ4v) is 1.87. The average molecular weight is 250 g/mol. The lowest BCUT2D eigenvalue weighted by molar-refractivity contribution is 0.0666. The van der Waals surface area contributed by atoms with Crippen LogP contribution in [0.5, 0.6) is 0 Å². The summed E-state index contributed by atoms with van der Waals surface area (Å²) in [5, 5.41) is 12.2. The number of benzene rings is 1. The summed E-state index contributed by atoms with van der Waals surface area (Å²) in [7, 11) is 0. The van der Waals surface area contributed by atoms with Crippen molar-refractivity contribution >= 4 is 11.6 Å². The molecule has 4 nitrogen and oxygen atoms in total. The molecule has 18 heavy (non-hydrogen) atoms. The third kappa shape index (κ3) is 3.47. The van der Waals surface area contributed by atoms with E-state index in [0.29, 0.717) is 12.1 Å². The largest absolute Gasteiger partial charge is 0.395 e. The molecule has 0 unspecified atom stereocenters. The second-order valence-electron chi connectivity index (χ2n) is 4.39. The molecular weight excluding hydrogens is 228 g/mol. The predicted octanol–water partition coefficient (Wildman–Crippen LogP) is 1.96. The number of nitrogens with one attached hydrogen (secondary N) is 1. The number of para-hydroxylation sites is 1. The normalized spacial score (nSPS) is 10.5. The number of carbonyl (C=O) groups is 1. The zero-order chi connectivity index (χ0) is 13.5. The van der Waals surface area contributed by atoms with Crippen LogP contribution in [-0.2, 0) is 0 Å². The maximum atomic E-state index is 12.4. The summed E-state index contributed by atoms with van der Waals surface area (Å²) in [6, 6.07) is 7.53. The molecule has 2 N–H and O–H groups in total. The van der Waals surface area contributed by atoms with Gasteiger partial charge in [-0.05, 0) is 32.9 Å². The number of aliphatic hydroxyl groups excluding tert-OH is 1. The van der Waals surface area contributed by atoms with Gasteiger partial charge < -0.3 is 15.3 Å². The summed E-state index contributed by atoms with van der Waals surface area (Å²) >= 11 is 0. The first-order chi connectivity index (χ1) is 8.61. The molecule has 1 aromatic rings. The molecule has 0 aromatic heterocycles. The third-order valence-corrected chi connectivity index (χ3v) is 2.75. The van der Waals surface area contributed by atoms with Crippen molar-refractivity contribution in [2.24, 2.45) is 0 Å². The second-order valence-corrected chi connectivity index (χ2v) is 4.39. The fraction of sp³-hybridized carbons (Fsp3) is 0.500. The highest BCUT2D eigenvalue weighted by atomic mass is 16.3. The van der Waals surface area contributed by atoms with Crippen LogP contribution < -0.4 is 5.32 Å². The van der Waals surface area contributed by atoms with Crippen molar-refractivity contribution in [2.75, 3.05) is 25.0 Å². The molecule has 0 saturated heterocycles. The number of hydrogen-bond donors (Lipinski definition) is 2. The van der Waals surface area contributed by atoms with Gasteiger partial charge in [-0.1, -0.05) is 12.1 Å². The molecule has 0 heterocycles. The maximum absolute atomic E-state index is 12.4. The molecule has 4 heteroatoms. The van der Waals surface area contributed by atoms with Crippen molar-refractivity contribution < 1.29 is 9.90 Å². The number of carbonyl (C=O) groups excluding carboxylic acids is 1. The minimum atomic E-state index is -0.0457. The van der Waals surface area contributed by atoms with E-state index in [9.17, 15) is 4.79 Å². The Balaban J connectivity index is 3.00. The Morgan fingerprint density at radius 2 is 2.06 bits per heavy atom. The van der Waals surface area contributed by atoms with Gasteiger partial charge in [0.1, 0.15) is 0 Å². The smallest absolute Gasteiger partial charge is 0.256 e. The SMILES string of the molecule is CCNc1ccccc1C(=O)N(CCO)C(C)C. The molecule has 0 fully saturated rings. The van der Waals surface area contributed by atoms with Crippen LogP contribution in [0.4, 0.5) is 5.69 Å². The molecular formula is C14H22N2O2. The topological polar surface area (TPSA) is 52.6 Å². The van der Waals surface area contributed by atoms with Gasteiger partial charge in [0.25, 0.3) is 5.91 Å². The van der Waals surface area contributed by atoms with E-state index in [4.69, 9.17) is 5.11 Å². The van der Waals surface area contributed by atoms with Crippen LogP contribution in [0, 0.1) is 0 Å². The molecule has 0 aliphatic carbocycles. The Morgan fingerprint density at radius 3 is 2.61 bits per heavy atom. The molecule has 100 valence electrons. The molecule has 1 rings (SSSR count). The molecule has 1 aromatic carbocycles. The lowest BCUT2D eigenvalue weighted by Crippen LogP contribution is -2.39. The standard InChI is InChI=1S/C14H22N2O2/c1-4-15-13-8-6-5-7-12(13)14(18)16(9-10-17)11(2)3/h5-8,11,15,17H,4,9-10H2,1-3H3. The van der Waals surface area contributed by atoms with E-state index in [2.05, 4.69) is 5.32 Å². The highest BCUT2D eigenvalue weighted by Crippen LogP contribution is 2.18. The monoisotopic (exact) mass is 250 g/mol. The molecule has 0 radical (unpaired) electrons. The Labute approximate surface area is 109 Å². The maximum Gasteiger partial charge on any atom is 0.256 e. The molecule has 1 amide bonds. The van der Waals surface area contributed by atoms with E-state index in [1.165, 1.54) is 0 Å². The van der Waals surface area contributed by atoms with Gasteiger partial charge in [-0.25, -0.2) is 0 Å². The summed E-state index contributed by atoms with van der Waals surface area (Å²) in [6.45, 7) is 7.00. The summed E-state index contributed by atoms with van der Waals surface area (Å²) < 4.78 is 0. The van der Waals surface area contributed by atoms with Crippen molar-refractivity contribution in [3.05, 3.63) is 29.8 Å². The number of anilines is 1. The summed E-state index contributed by atoms with van der Waals surface area (Å²) in [5.41, 5.74) is 1.50. The average Bonchev–Trinajstić information content (AvgIpc) is 2.36. The summed E-state index contributed by atoms with van der Waals surface area (Å²) in [5.74, 6) is -0.0457. The number of amides is 1. The molecule has 0 aliphatic heterocycles. The van der Waals surface area contributed by atoms with Crippen LogP contribution in [0.2, 0.25) is 0 Å². The minimum Gasteiger partial charge on any atom is -0.395 e. The van der Waals surface area contributed by atoms with Gasteiger partial charge in [0.15, 0.2) is 0 Å². The van der Waals surface area contributed by atoms with Crippen molar-refractivity contribution in [3.63, 3.8) is 0 Å². The second kappa shape index (κ2) is 7.01. The number of rotatable bonds is 6. The van der Waals surface area contributed by atoms with E-state index in [-0.39, 0.29) is 18.6 Å². The predicted molar refractivity (Wildman–Crippen MR) is 73.9 cm³/mol. The van der Waals surface area contributed by atoms with E-state index in [0.717, 1.165) is 12.2 Å². The lowest BCUT2D eigenvalue weighted by Gasteiger charge is -2.27. The molecule has 0 saturated carbocycles. The number of aliphatic hydroxyl groups is 1. The Hall–Kier alpha value is -1.55. The molecule has 0 atom stereocenters. The number of hydrogen-bond acceptors (Lipinski definition) is 3. The molecule has 0 spiro atoms. The van der Waals surface area contributed by atoms with Crippen LogP contribution >= 0.6 is 0 Å². The van der Waals surface area contributed by atoms with Gasteiger partial charge in [-0.2, -0.15) is 0 Å². The van der Waals surface area contributed by atoms with E-state index in [1.807, 2.05) is 45.0 Å². The molecule has 0 bridgehead atoms. The quantitative estimate of drug-likeness (QED) is 0.811. The Morgan fingerprint density at radius 1 is 1.39 bits per heavy atom. The van der Waals surface area contributed by atoms with Gasteiger partial charge in [0.05, 0.1) is 12.2 Å². The van der Waals surface area contributed by atoms with Crippen molar-refractivity contribution in [2.45, 2.75) is 26.8 Å². The first-order valence-electron chi connectivity index (χ1n) is 6.36. The fourth-order valence-electron chi connectivity index (χ4n) is 1.87. The van der Waals surface area contributed by atoms with Crippen molar-refractivity contribution in [1.82, 2.24) is 4.90 Å². The van der Waals surface area contributed by atoms with Crippen molar-refractivity contribution in [3.8, 4) is 0 Å². The van der Waals surface area contributed by atoms with E-state index in [1.54, 1.807) is 4.90 Å². The van der Waals surface area contributed by atoms with Crippen LogP contribution in [0.3, 0.4) is 0 Å². The van der Waals surface area contributed by atoms with Crippen molar-refractivity contribution in [1.29, 1.82) is 0 Å². The first-order valence-corrected chi connectivity index (χ1v) is 6.36. The van der Waals surface area contributed by atoms with Crippen LogP contribution in [0.25, 0.3) is 0 Å². The zero-order valence-electron chi connectivity index (χ0n) is 11.3. The third-order valence-electron chi connectivity index (χ3n) is 2.75. The summed E-state index contributed by atoms with van der Waals surface area (Å²) in [6.07, 6.45) is 0. The lowest BCUT2D eigenvalue weighted by atomic mass is 10.1. The minimum absolute atomic E-state index is 0.0205. The van der Waals surface area contributed by atoms with Gasteiger partial charge in [-0.3, -0.25) is 4.79 Å². The van der Waals surface area contributed by atoms with Crippen LogP contribution in [0.15, 0.2) is 24.3 Å². The van der Waals surface area contributed by atoms with Gasteiger partial charge in [0, 0.05) is 24.8 Å². The van der Waals surface area contributed by atoms with Crippen LogP contribution in [0.1, 0.15) is 31.1 Å². The van der Waals surface area contributed by atoms with Gasteiger partial charge in [-0.15, -0.1) is 0 Å². The summed E-state index contributed by atoms with van der Waals surface area (Å²) in [4.78, 5) is 14.1. The van der Waals surface area contributed by atoms with E-state index >= 15 is 0 Å². The van der Waals surface area contributed by atoms with Gasteiger partial charge >= 0.3 is 0 Å². The Kier molecular flexibility index (Phi) is 5.65. The first kappa shape index (κ1) is 14.5. The highest BCUT2D eigenvalue weighted by molar-refractivity contribution is 5.99.